The molecule has 5 nitrogen and oxygen atoms in total. The summed E-state index contributed by atoms with van der Waals surface area (Å²) in [5, 5.41) is 9.01. The van der Waals surface area contributed by atoms with Crippen LogP contribution in [0.5, 0.6) is 0 Å². The van der Waals surface area contributed by atoms with Gasteiger partial charge in [0.05, 0.1) is 11.8 Å². The third-order valence-corrected chi connectivity index (χ3v) is 4.03. The zero-order valence-electron chi connectivity index (χ0n) is 13.0. The van der Waals surface area contributed by atoms with Crippen LogP contribution in [0.15, 0.2) is 41.0 Å². The largest absolute Gasteiger partial charge is 0.481 e. The summed E-state index contributed by atoms with van der Waals surface area (Å²) in [6.45, 7) is 2.42. The molecule has 120 valence electrons. The number of aryl methyl sites for hydroxylation is 1. The number of hydrogen-bond acceptors (Lipinski definition) is 3. The lowest BCUT2D eigenvalue weighted by molar-refractivity contribution is -0.136. The van der Waals surface area contributed by atoms with Crippen molar-refractivity contribution in [3.8, 4) is 0 Å². The standard InChI is InChI=1S/C18H19NO4/c1-12-11-23-15(9-16(20)21)17(12)18(22)19(10-13-7-8-13)14-5-3-2-4-6-14/h2-6,11,13H,7-10H2,1H3,(H,20,21). The van der Waals surface area contributed by atoms with E-state index in [1.54, 1.807) is 11.8 Å². The molecule has 23 heavy (non-hydrogen) atoms. The van der Waals surface area contributed by atoms with Crippen molar-refractivity contribution >= 4 is 17.6 Å². The summed E-state index contributed by atoms with van der Waals surface area (Å²) in [6.07, 6.45) is 3.42. The molecular formula is C18H19NO4. The maximum atomic E-state index is 13.1. The number of aliphatic carboxylic acids is 1. The quantitative estimate of drug-likeness (QED) is 0.888. The fourth-order valence-corrected chi connectivity index (χ4v) is 2.66. The van der Waals surface area contributed by atoms with E-state index in [1.807, 2.05) is 30.3 Å². The van der Waals surface area contributed by atoms with Crippen molar-refractivity contribution in [2.24, 2.45) is 5.92 Å². The lowest BCUT2D eigenvalue weighted by atomic mass is 10.1. The third kappa shape index (κ3) is 3.44. The maximum Gasteiger partial charge on any atom is 0.311 e. The molecule has 1 heterocycles. The topological polar surface area (TPSA) is 70.7 Å². The van der Waals surface area contributed by atoms with Gasteiger partial charge in [-0.25, -0.2) is 0 Å². The van der Waals surface area contributed by atoms with Crippen LogP contribution in [0.2, 0.25) is 0 Å². The van der Waals surface area contributed by atoms with E-state index in [9.17, 15) is 9.59 Å². The van der Waals surface area contributed by atoms with Crippen LogP contribution in [-0.4, -0.2) is 23.5 Å². The molecule has 1 N–H and O–H groups in total. The molecule has 1 saturated carbocycles. The number of benzene rings is 1. The molecule has 2 aromatic rings. The molecule has 1 aromatic heterocycles. The van der Waals surface area contributed by atoms with E-state index >= 15 is 0 Å². The molecule has 0 radical (unpaired) electrons. The summed E-state index contributed by atoms with van der Waals surface area (Å²) in [5.41, 5.74) is 1.87. The van der Waals surface area contributed by atoms with Gasteiger partial charge in [-0.15, -0.1) is 0 Å². The first-order valence-corrected chi connectivity index (χ1v) is 7.72. The number of anilines is 1. The molecule has 1 aliphatic rings. The summed E-state index contributed by atoms with van der Waals surface area (Å²) in [6, 6.07) is 9.48. The van der Waals surface area contributed by atoms with Gasteiger partial charge in [-0.05, 0) is 37.8 Å². The van der Waals surface area contributed by atoms with Crippen molar-refractivity contribution in [1.82, 2.24) is 0 Å². The third-order valence-electron chi connectivity index (χ3n) is 4.03. The molecule has 1 fully saturated rings. The fourth-order valence-electron chi connectivity index (χ4n) is 2.66. The predicted molar refractivity (Wildman–Crippen MR) is 85.6 cm³/mol. The summed E-state index contributed by atoms with van der Waals surface area (Å²) >= 11 is 0. The zero-order valence-corrected chi connectivity index (χ0v) is 13.0. The van der Waals surface area contributed by atoms with Gasteiger partial charge in [-0.3, -0.25) is 9.59 Å². The minimum absolute atomic E-state index is 0.189. The summed E-state index contributed by atoms with van der Waals surface area (Å²) < 4.78 is 5.31. The number of carboxylic acid groups (broad SMARTS) is 1. The molecule has 0 saturated heterocycles. The monoisotopic (exact) mass is 313 g/mol. The minimum Gasteiger partial charge on any atom is -0.481 e. The number of furan rings is 1. The molecule has 0 atom stereocenters. The van der Waals surface area contributed by atoms with Crippen LogP contribution in [0.1, 0.15) is 34.5 Å². The normalized spacial score (nSPS) is 13.8. The van der Waals surface area contributed by atoms with Crippen LogP contribution in [0, 0.1) is 12.8 Å². The maximum absolute atomic E-state index is 13.1. The number of carbonyl (C=O) groups is 2. The van der Waals surface area contributed by atoms with Crippen LogP contribution in [-0.2, 0) is 11.2 Å². The Balaban J connectivity index is 1.95. The average molecular weight is 313 g/mol. The van der Waals surface area contributed by atoms with Crippen LogP contribution < -0.4 is 4.90 Å². The fraction of sp³-hybridized carbons (Fsp3) is 0.333. The van der Waals surface area contributed by atoms with Crippen LogP contribution in [0.4, 0.5) is 5.69 Å². The van der Waals surface area contributed by atoms with Crippen LogP contribution in [0.25, 0.3) is 0 Å². The Morgan fingerprint density at radius 2 is 1.96 bits per heavy atom. The van der Waals surface area contributed by atoms with Crippen molar-refractivity contribution in [2.75, 3.05) is 11.4 Å². The van der Waals surface area contributed by atoms with E-state index in [0.717, 1.165) is 18.5 Å². The molecule has 1 amide bonds. The number of nitrogens with zero attached hydrogens (tertiary/aromatic N) is 1. The highest BCUT2D eigenvalue weighted by molar-refractivity contribution is 6.08. The van der Waals surface area contributed by atoms with Gasteiger partial charge in [0.2, 0.25) is 0 Å². The Morgan fingerprint density at radius 3 is 2.57 bits per heavy atom. The van der Waals surface area contributed by atoms with Gasteiger partial charge >= 0.3 is 5.97 Å². The molecule has 5 heteroatoms. The number of carbonyl (C=O) groups excluding carboxylic acids is 1. The van der Waals surface area contributed by atoms with E-state index in [4.69, 9.17) is 9.52 Å². The van der Waals surface area contributed by atoms with Gasteiger partial charge in [0.15, 0.2) is 0 Å². The molecule has 0 unspecified atom stereocenters. The molecular weight excluding hydrogens is 294 g/mol. The second-order valence-electron chi connectivity index (χ2n) is 5.98. The highest BCUT2D eigenvalue weighted by atomic mass is 16.4. The minimum atomic E-state index is -1.01. The Bertz CT molecular complexity index is 716. The number of rotatable bonds is 6. The van der Waals surface area contributed by atoms with Gasteiger partial charge < -0.3 is 14.4 Å². The number of hydrogen-bond donors (Lipinski definition) is 1. The van der Waals surface area contributed by atoms with E-state index in [-0.39, 0.29) is 18.1 Å². The Labute approximate surface area is 134 Å². The van der Waals surface area contributed by atoms with Gasteiger partial charge in [0.1, 0.15) is 12.2 Å². The first-order chi connectivity index (χ1) is 11.1. The van der Waals surface area contributed by atoms with Crippen molar-refractivity contribution in [2.45, 2.75) is 26.2 Å². The van der Waals surface area contributed by atoms with Crippen LogP contribution in [0.3, 0.4) is 0 Å². The van der Waals surface area contributed by atoms with Crippen molar-refractivity contribution in [3.63, 3.8) is 0 Å². The molecule has 0 spiro atoms. The molecule has 0 bridgehead atoms. The highest BCUT2D eigenvalue weighted by Gasteiger charge is 2.31. The number of amides is 1. The SMILES string of the molecule is Cc1coc(CC(=O)O)c1C(=O)N(CC1CC1)c1ccccc1. The zero-order chi connectivity index (χ0) is 16.4. The first kappa shape index (κ1) is 15.3. The van der Waals surface area contributed by atoms with E-state index in [2.05, 4.69) is 0 Å². The van der Waals surface area contributed by atoms with Gasteiger partial charge in [-0.1, -0.05) is 18.2 Å². The lowest BCUT2D eigenvalue weighted by Crippen LogP contribution is -2.33. The van der Waals surface area contributed by atoms with Crippen molar-refractivity contribution in [1.29, 1.82) is 0 Å². The second-order valence-corrected chi connectivity index (χ2v) is 5.98. The Kier molecular flexibility index (Phi) is 4.19. The first-order valence-electron chi connectivity index (χ1n) is 7.72. The van der Waals surface area contributed by atoms with E-state index in [1.165, 1.54) is 6.26 Å². The van der Waals surface area contributed by atoms with Gasteiger partial charge in [0.25, 0.3) is 5.91 Å². The summed E-state index contributed by atoms with van der Waals surface area (Å²) in [4.78, 5) is 25.8. The molecule has 0 aliphatic heterocycles. The van der Waals surface area contributed by atoms with Gasteiger partial charge in [-0.2, -0.15) is 0 Å². The van der Waals surface area contributed by atoms with E-state index in [0.29, 0.717) is 23.6 Å². The van der Waals surface area contributed by atoms with Crippen molar-refractivity contribution < 1.29 is 19.1 Å². The Hall–Kier alpha value is -2.56. The second kappa shape index (κ2) is 6.28. The number of carboxylic acids is 1. The molecule has 1 aromatic carbocycles. The Morgan fingerprint density at radius 1 is 1.26 bits per heavy atom. The van der Waals surface area contributed by atoms with Crippen molar-refractivity contribution in [3.05, 3.63) is 53.5 Å². The van der Waals surface area contributed by atoms with E-state index < -0.39 is 5.97 Å². The average Bonchev–Trinajstić information content (AvgIpc) is 3.28. The molecule has 3 rings (SSSR count). The lowest BCUT2D eigenvalue weighted by Gasteiger charge is -2.23. The van der Waals surface area contributed by atoms with Gasteiger partial charge in [0, 0.05) is 17.8 Å². The smallest absolute Gasteiger partial charge is 0.311 e. The highest BCUT2D eigenvalue weighted by Crippen LogP contribution is 2.33. The number of para-hydroxylation sites is 1. The van der Waals surface area contributed by atoms with Crippen LogP contribution >= 0.6 is 0 Å². The molecule has 1 aliphatic carbocycles. The predicted octanol–water partition coefficient (Wildman–Crippen LogP) is 3.27. The summed E-state index contributed by atoms with van der Waals surface area (Å²) in [7, 11) is 0. The summed E-state index contributed by atoms with van der Waals surface area (Å²) in [5.74, 6) is -0.460.